The average Bonchev–Trinajstić information content (AvgIpc) is 2.36. The summed E-state index contributed by atoms with van der Waals surface area (Å²) in [5, 5.41) is 11.3. The number of nitrogens with two attached hydrogens (primary N) is 1. The number of rotatable bonds is 7. The molecule has 0 saturated heterocycles. The first-order valence-corrected chi connectivity index (χ1v) is 6.37. The molecule has 0 bridgehead atoms. The zero-order chi connectivity index (χ0) is 14.3. The van der Waals surface area contributed by atoms with Crippen LogP contribution < -0.4 is 11.1 Å². The zero-order valence-electron chi connectivity index (χ0n) is 11.1. The van der Waals surface area contributed by atoms with Gasteiger partial charge in [-0.15, -0.1) is 0 Å². The van der Waals surface area contributed by atoms with Crippen molar-refractivity contribution in [1.29, 1.82) is 0 Å². The van der Waals surface area contributed by atoms with Crippen LogP contribution in [0.25, 0.3) is 0 Å². The molecule has 0 spiro atoms. The van der Waals surface area contributed by atoms with E-state index in [0.717, 1.165) is 18.4 Å². The number of hydrogen-bond acceptors (Lipinski definition) is 3. The van der Waals surface area contributed by atoms with Crippen molar-refractivity contribution >= 4 is 17.6 Å². The number of anilines is 1. The molecule has 0 aliphatic heterocycles. The number of carbonyl (C=O) groups excluding carboxylic acids is 1. The van der Waals surface area contributed by atoms with Gasteiger partial charge in [0.2, 0.25) is 0 Å². The second-order valence-electron chi connectivity index (χ2n) is 4.55. The monoisotopic (exact) mass is 264 g/mol. The average molecular weight is 264 g/mol. The van der Waals surface area contributed by atoms with Gasteiger partial charge in [0.1, 0.15) is 0 Å². The summed E-state index contributed by atoms with van der Waals surface area (Å²) in [6.45, 7) is 2.44. The van der Waals surface area contributed by atoms with Crippen LogP contribution in [0.4, 0.5) is 5.69 Å². The number of hydrogen-bond donors (Lipinski definition) is 3. The minimum atomic E-state index is -0.781. The predicted octanol–water partition coefficient (Wildman–Crippen LogP) is 1.95. The molecule has 0 unspecified atom stereocenters. The van der Waals surface area contributed by atoms with Gasteiger partial charge in [-0.3, -0.25) is 9.59 Å². The van der Waals surface area contributed by atoms with Crippen molar-refractivity contribution in [3.8, 4) is 0 Å². The van der Waals surface area contributed by atoms with E-state index < -0.39 is 5.97 Å². The molecule has 0 radical (unpaired) electrons. The number of amides is 1. The van der Waals surface area contributed by atoms with Crippen LogP contribution in [0.5, 0.6) is 0 Å². The van der Waals surface area contributed by atoms with E-state index in [1.54, 1.807) is 12.1 Å². The Kier molecular flexibility index (Phi) is 5.85. The topological polar surface area (TPSA) is 92.4 Å². The molecule has 1 rings (SSSR count). The highest BCUT2D eigenvalue weighted by molar-refractivity contribution is 5.99. The van der Waals surface area contributed by atoms with Gasteiger partial charge in [0, 0.05) is 18.7 Å². The molecule has 0 aliphatic carbocycles. The van der Waals surface area contributed by atoms with E-state index >= 15 is 0 Å². The number of carboxylic acids is 1. The Morgan fingerprint density at radius 1 is 1.26 bits per heavy atom. The fourth-order valence-electron chi connectivity index (χ4n) is 1.74. The molecule has 1 aromatic carbocycles. The van der Waals surface area contributed by atoms with E-state index in [4.69, 9.17) is 10.8 Å². The Labute approximate surface area is 112 Å². The van der Waals surface area contributed by atoms with Crippen molar-refractivity contribution < 1.29 is 14.7 Å². The van der Waals surface area contributed by atoms with E-state index in [2.05, 4.69) is 5.32 Å². The minimum Gasteiger partial charge on any atom is -0.481 e. The van der Waals surface area contributed by atoms with Crippen molar-refractivity contribution in [2.45, 2.75) is 32.6 Å². The molecule has 0 atom stereocenters. The van der Waals surface area contributed by atoms with Gasteiger partial charge in [-0.05, 0) is 31.9 Å². The number of benzene rings is 1. The summed E-state index contributed by atoms with van der Waals surface area (Å²) in [6.07, 6.45) is 2.37. The Balaban J connectivity index is 2.31. The van der Waals surface area contributed by atoms with Gasteiger partial charge < -0.3 is 16.2 Å². The lowest BCUT2D eigenvalue weighted by Gasteiger charge is -2.08. The highest BCUT2D eigenvalue weighted by Crippen LogP contribution is 2.13. The predicted molar refractivity (Wildman–Crippen MR) is 74.0 cm³/mol. The second-order valence-corrected chi connectivity index (χ2v) is 4.55. The van der Waals surface area contributed by atoms with E-state index in [-0.39, 0.29) is 12.3 Å². The number of nitrogens with one attached hydrogen (secondary N) is 1. The molecule has 1 aromatic rings. The summed E-state index contributed by atoms with van der Waals surface area (Å²) in [6, 6.07) is 5.34. The molecule has 0 saturated carbocycles. The van der Waals surface area contributed by atoms with Crippen LogP contribution in [0.2, 0.25) is 0 Å². The minimum absolute atomic E-state index is 0.179. The maximum absolute atomic E-state index is 11.9. The third-order valence-electron chi connectivity index (χ3n) is 2.81. The van der Waals surface area contributed by atoms with Gasteiger partial charge in [-0.2, -0.15) is 0 Å². The Morgan fingerprint density at radius 3 is 2.68 bits per heavy atom. The van der Waals surface area contributed by atoms with Crippen molar-refractivity contribution in [3.05, 3.63) is 29.3 Å². The van der Waals surface area contributed by atoms with Gasteiger partial charge >= 0.3 is 5.97 Å². The van der Waals surface area contributed by atoms with Crippen LogP contribution in [0.3, 0.4) is 0 Å². The fourth-order valence-corrected chi connectivity index (χ4v) is 1.74. The van der Waals surface area contributed by atoms with Crippen molar-refractivity contribution in [2.24, 2.45) is 0 Å². The van der Waals surface area contributed by atoms with Crippen LogP contribution in [-0.4, -0.2) is 23.5 Å². The largest absolute Gasteiger partial charge is 0.481 e. The van der Waals surface area contributed by atoms with Crippen LogP contribution in [0, 0.1) is 6.92 Å². The first-order valence-electron chi connectivity index (χ1n) is 6.37. The molecule has 5 nitrogen and oxygen atoms in total. The maximum atomic E-state index is 11.9. The summed E-state index contributed by atoms with van der Waals surface area (Å²) in [5.74, 6) is -0.962. The quantitative estimate of drug-likeness (QED) is 0.518. The Bertz CT molecular complexity index is 458. The van der Waals surface area contributed by atoms with Crippen LogP contribution in [0.1, 0.15) is 41.6 Å². The van der Waals surface area contributed by atoms with E-state index in [0.29, 0.717) is 24.2 Å². The second kappa shape index (κ2) is 7.41. The molecule has 5 heteroatoms. The SMILES string of the molecule is Cc1ccc(N)c(C(=O)NCCCCCC(=O)O)c1. The first kappa shape index (κ1) is 15.0. The van der Waals surface area contributed by atoms with Gasteiger partial charge in [0.05, 0.1) is 5.56 Å². The summed E-state index contributed by atoms with van der Waals surface area (Å²) in [7, 11) is 0. The van der Waals surface area contributed by atoms with Crippen LogP contribution in [0.15, 0.2) is 18.2 Å². The number of nitrogen functional groups attached to an aromatic ring is 1. The lowest BCUT2D eigenvalue weighted by Crippen LogP contribution is -2.25. The van der Waals surface area contributed by atoms with E-state index in [9.17, 15) is 9.59 Å². The van der Waals surface area contributed by atoms with Gasteiger partial charge in [-0.1, -0.05) is 18.1 Å². The third-order valence-corrected chi connectivity index (χ3v) is 2.81. The number of carbonyl (C=O) groups is 2. The zero-order valence-corrected chi connectivity index (χ0v) is 11.1. The summed E-state index contributed by atoms with van der Waals surface area (Å²) in [5.41, 5.74) is 7.69. The van der Waals surface area contributed by atoms with E-state index in [1.165, 1.54) is 0 Å². The summed E-state index contributed by atoms with van der Waals surface area (Å²) < 4.78 is 0. The van der Waals surface area contributed by atoms with Crippen molar-refractivity contribution in [1.82, 2.24) is 5.32 Å². The van der Waals surface area contributed by atoms with Gasteiger partial charge in [0.15, 0.2) is 0 Å². The normalized spacial score (nSPS) is 10.2. The Morgan fingerprint density at radius 2 is 2.00 bits per heavy atom. The number of aliphatic carboxylic acids is 1. The molecule has 1 amide bonds. The van der Waals surface area contributed by atoms with Gasteiger partial charge in [-0.25, -0.2) is 0 Å². The third kappa shape index (κ3) is 5.42. The molecular formula is C14H20N2O3. The molecule has 0 fully saturated rings. The summed E-state index contributed by atoms with van der Waals surface area (Å²) >= 11 is 0. The van der Waals surface area contributed by atoms with Crippen LogP contribution in [-0.2, 0) is 4.79 Å². The van der Waals surface area contributed by atoms with Crippen molar-refractivity contribution in [2.75, 3.05) is 12.3 Å². The molecular weight excluding hydrogens is 244 g/mol. The highest BCUT2D eigenvalue weighted by atomic mass is 16.4. The maximum Gasteiger partial charge on any atom is 0.303 e. The number of aryl methyl sites for hydroxylation is 1. The van der Waals surface area contributed by atoms with Crippen LogP contribution >= 0.6 is 0 Å². The number of carboxylic acid groups (broad SMARTS) is 1. The summed E-state index contributed by atoms with van der Waals surface area (Å²) in [4.78, 5) is 22.2. The molecule has 104 valence electrons. The Hall–Kier alpha value is -2.04. The molecule has 19 heavy (non-hydrogen) atoms. The first-order chi connectivity index (χ1) is 9.00. The lowest BCUT2D eigenvalue weighted by molar-refractivity contribution is -0.137. The molecule has 0 aliphatic rings. The fraction of sp³-hybridized carbons (Fsp3) is 0.429. The standard InChI is InChI=1S/C14H20N2O3/c1-10-6-7-12(15)11(9-10)14(19)16-8-4-2-3-5-13(17)18/h6-7,9H,2-5,8,15H2,1H3,(H,16,19)(H,17,18). The molecule has 0 heterocycles. The van der Waals surface area contributed by atoms with E-state index in [1.807, 2.05) is 13.0 Å². The smallest absolute Gasteiger partial charge is 0.303 e. The number of unbranched alkanes of at least 4 members (excludes halogenated alkanes) is 2. The highest BCUT2D eigenvalue weighted by Gasteiger charge is 2.08. The lowest BCUT2D eigenvalue weighted by atomic mass is 10.1. The molecule has 0 aromatic heterocycles. The van der Waals surface area contributed by atoms with Gasteiger partial charge in [0.25, 0.3) is 5.91 Å². The van der Waals surface area contributed by atoms with Crippen molar-refractivity contribution in [3.63, 3.8) is 0 Å². The molecule has 4 N–H and O–H groups in total.